The fourth-order valence-electron chi connectivity index (χ4n) is 3.47. The van der Waals surface area contributed by atoms with Crippen molar-refractivity contribution in [1.29, 1.82) is 0 Å². The minimum absolute atomic E-state index is 1.08. The van der Waals surface area contributed by atoms with Gasteiger partial charge in [0.2, 0.25) is 5.69 Å². The Morgan fingerprint density at radius 3 is 2.39 bits per heavy atom. The molecule has 0 N–H and O–H groups in total. The Labute approximate surface area is 139 Å². The average molecular weight is 304 g/mol. The lowest BCUT2D eigenvalue weighted by molar-refractivity contribution is -0.659. The highest BCUT2D eigenvalue weighted by Gasteiger charge is 2.19. The number of benzene rings is 2. The Bertz CT molecular complexity index is 870. The molecule has 3 rings (SSSR count). The van der Waals surface area contributed by atoms with E-state index in [-0.39, 0.29) is 0 Å². The zero-order valence-electron chi connectivity index (χ0n) is 14.9. The van der Waals surface area contributed by atoms with Gasteiger partial charge >= 0.3 is 0 Å². The van der Waals surface area contributed by atoms with Crippen LogP contribution in [0.3, 0.4) is 0 Å². The number of aromatic nitrogens is 1. The molecule has 0 atom stereocenters. The highest BCUT2D eigenvalue weighted by atomic mass is 14.9. The zero-order valence-corrected chi connectivity index (χ0v) is 14.9. The standard InChI is InChI=1S/C22H26N/c1-6-17-13-18(7-2)16(4)20(14-17)22-21-12-15(3)8-9-19(21)10-11-23(22)5/h8-14H,6-7H2,1-5H3/q+1. The third kappa shape index (κ3) is 2.76. The van der Waals surface area contributed by atoms with Crippen LogP contribution in [0.4, 0.5) is 0 Å². The number of rotatable bonds is 3. The van der Waals surface area contributed by atoms with E-state index in [4.69, 9.17) is 0 Å². The average Bonchev–Trinajstić information content (AvgIpc) is 2.55. The summed E-state index contributed by atoms with van der Waals surface area (Å²) in [7, 11) is 2.15. The molecule has 1 aromatic heterocycles. The molecule has 3 aromatic rings. The van der Waals surface area contributed by atoms with Crippen LogP contribution in [-0.4, -0.2) is 0 Å². The second-order valence-corrected chi connectivity index (χ2v) is 6.50. The summed E-state index contributed by atoms with van der Waals surface area (Å²) in [6, 6.07) is 13.7. The Morgan fingerprint density at radius 1 is 0.913 bits per heavy atom. The summed E-state index contributed by atoms with van der Waals surface area (Å²) in [4.78, 5) is 0. The van der Waals surface area contributed by atoms with E-state index in [1.807, 2.05) is 0 Å². The molecule has 1 heteroatoms. The fraction of sp³-hybridized carbons (Fsp3) is 0.318. The zero-order chi connectivity index (χ0) is 16.6. The van der Waals surface area contributed by atoms with Crippen LogP contribution in [0.25, 0.3) is 22.0 Å². The molecular formula is C22H26N+. The van der Waals surface area contributed by atoms with Gasteiger partial charge in [-0.15, -0.1) is 0 Å². The van der Waals surface area contributed by atoms with Crippen molar-refractivity contribution in [3.8, 4) is 11.3 Å². The number of nitrogens with zero attached hydrogens (tertiary/aromatic N) is 1. The molecule has 0 saturated heterocycles. The van der Waals surface area contributed by atoms with Crippen molar-refractivity contribution in [2.24, 2.45) is 7.05 Å². The maximum Gasteiger partial charge on any atom is 0.220 e. The van der Waals surface area contributed by atoms with Gasteiger partial charge in [0.25, 0.3) is 0 Å². The number of aryl methyl sites for hydroxylation is 4. The van der Waals surface area contributed by atoms with Crippen molar-refractivity contribution >= 4 is 10.8 Å². The molecular weight excluding hydrogens is 278 g/mol. The van der Waals surface area contributed by atoms with Gasteiger partial charge in [0.05, 0.1) is 10.9 Å². The molecule has 0 fully saturated rings. The lowest BCUT2D eigenvalue weighted by Gasteiger charge is -2.13. The Hall–Kier alpha value is -2.15. The van der Waals surface area contributed by atoms with Gasteiger partial charge < -0.3 is 0 Å². The highest BCUT2D eigenvalue weighted by molar-refractivity contribution is 5.94. The molecule has 0 saturated carbocycles. The van der Waals surface area contributed by atoms with E-state index in [9.17, 15) is 0 Å². The van der Waals surface area contributed by atoms with E-state index >= 15 is 0 Å². The van der Waals surface area contributed by atoms with Crippen LogP contribution in [0.1, 0.15) is 36.1 Å². The summed E-state index contributed by atoms with van der Waals surface area (Å²) >= 11 is 0. The lowest BCUT2D eigenvalue weighted by Crippen LogP contribution is -2.31. The van der Waals surface area contributed by atoms with E-state index in [0.717, 1.165) is 12.8 Å². The summed E-state index contributed by atoms with van der Waals surface area (Å²) in [5, 5.41) is 2.65. The summed E-state index contributed by atoms with van der Waals surface area (Å²) in [6.45, 7) is 8.92. The van der Waals surface area contributed by atoms with Gasteiger partial charge in [0.15, 0.2) is 6.20 Å². The van der Waals surface area contributed by atoms with Gasteiger partial charge in [0, 0.05) is 6.07 Å². The van der Waals surface area contributed by atoms with Crippen LogP contribution in [0.15, 0.2) is 42.6 Å². The number of pyridine rings is 1. The number of hydrogen-bond acceptors (Lipinski definition) is 0. The largest absolute Gasteiger partial charge is 0.220 e. The topological polar surface area (TPSA) is 3.88 Å². The van der Waals surface area contributed by atoms with Crippen molar-refractivity contribution in [1.82, 2.24) is 0 Å². The molecule has 23 heavy (non-hydrogen) atoms. The van der Waals surface area contributed by atoms with Crippen molar-refractivity contribution in [3.63, 3.8) is 0 Å². The lowest BCUT2D eigenvalue weighted by atomic mass is 9.92. The van der Waals surface area contributed by atoms with Crippen molar-refractivity contribution in [3.05, 3.63) is 64.8 Å². The smallest absolute Gasteiger partial charge is 0.200 e. The SMILES string of the molecule is CCc1cc(CC)c(C)c(-c2c3cc(C)ccc3cc[n+]2C)c1. The van der Waals surface area contributed by atoms with Crippen molar-refractivity contribution < 1.29 is 4.57 Å². The predicted molar refractivity (Wildman–Crippen MR) is 98.8 cm³/mol. The molecule has 0 aliphatic rings. The molecule has 0 bridgehead atoms. The molecule has 1 nitrogen and oxygen atoms in total. The first kappa shape index (κ1) is 15.7. The third-order valence-electron chi connectivity index (χ3n) is 4.91. The monoisotopic (exact) mass is 304 g/mol. The second-order valence-electron chi connectivity index (χ2n) is 6.50. The van der Waals surface area contributed by atoms with Crippen LogP contribution in [0, 0.1) is 13.8 Å². The first-order valence-electron chi connectivity index (χ1n) is 8.57. The van der Waals surface area contributed by atoms with E-state index < -0.39 is 0 Å². The Balaban J connectivity index is 2.41. The van der Waals surface area contributed by atoms with Gasteiger partial charge in [-0.3, -0.25) is 0 Å². The molecule has 0 aliphatic carbocycles. The van der Waals surface area contributed by atoms with Crippen molar-refractivity contribution in [2.45, 2.75) is 40.5 Å². The quantitative estimate of drug-likeness (QED) is 0.595. The minimum atomic E-state index is 1.08. The molecule has 2 aromatic carbocycles. The van der Waals surface area contributed by atoms with Crippen LogP contribution >= 0.6 is 0 Å². The van der Waals surface area contributed by atoms with Gasteiger partial charge in [-0.25, -0.2) is 4.57 Å². The highest BCUT2D eigenvalue weighted by Crippen LogP contribution is 2.31. The minimum Gasteiger partial charge on any atom is -0.200 e. The molecule has 1 heterocycles. The van der Waals surface area contributed by atoms with E-state index in [1.54, 1.807) is 0 Å². The van der Waals surface area contributed by atoms with Gasteiger partial charge in [-0.05, 0) is 60.9 Å². The summed E-state index contributed by atoms with van der Waals surface area (Å²) in [6.07, 6.45) is 4.34. The molecule has 118 valence electrons. The van der Waals surface area contributed by atoms with Crippen LogP contribution < -0.4 is 4.57 Å². The van der Waals surface area contributed by atoms with Crippen LogP contribution in [0.5, 0.6) is 0 Å². The second kappa shape index (κ2) is 6.16. The van der Waals surface area contributed by atoms with E-state index in [0.29, 0.717) is 0 Å². The third-order valence-corrected chi connectivity index (χ3v) is 4.91. The molecule has 0 radical (unpaired) electrons. The maximum atomic E-state index is 2.38. The molecule has 0 unspecified atom stereocenters. The molecule has 0 spiro atoms. The maximum absolute atomic E-state index is 2.38. The Morgan fingerprint density at radius 2 is 1.70 bits per heavy atom. The first-order valence-corrected chi connectivity index (χ1v) is 8.57. The van der Waals surface area contributed by atoms with Gasteiger partial charge in [-0.1, -0.05) is 37.6 Å². The molecule has 0 amide bonds. The first-order chi connectivity index (χ1) is 11.0. The van der Waals surface area contributed by atoms with E-state index in [1.165, 1.54) is 44.3 Å². The van der Waals surface area contributed by atoms with Gasteiger partial charge in [0.1, 0.15) is 7.05 Å². The summed E-state index contributed by atoms with van der Waals surface area (Å²) in [5.41, 5.74) is 8.31. The van der Waals surface area contributed by atoms with Crippen LogP contribution in [-0.2, 0) is 19.9 Å². The fourth-order valence-corrected chi connectivity index (χ4v) is 3.47. The summed E-state index contributed by atoms with van der Waals surface area (Å²) < 4.78 is 2.27. The number of fused-ring (bicyclic) bond motifs is 1. The normalized spacial score (nSPS) is 11.2. The Kier molecular flexibility index (Phi) is 4.21. The predicted octanol–water partition coefficient (Wildman–Crippen LogP) is 5.07. The van der Waals surface area contributed by atoms with E-state index in [2.05, 4.69) is 81.9 Å². The van der Waals surface area contributed by atoms with Crippen LogP contribution in [0.2, 0.25) is 0 Å². The van der Waals surface area contributed by atoms with Crippen molar-refractivity contribution in [2.75, 3.05) is 0 Å². The molecule has 0 aliphatic heterocycles. The number of hydrogen-bond donors (Lipinski definition) is 0. The van der Waals surface area contributed by atoms with Gasteiger partial charge in [-0.2, -0.15) is 0 Å². The summed E-state index contributed by atoms with van der Waals surface area (Å²) in [5.74, 6) is 0.